The Morgan fingerprint density at radius 2 is 1.93 bits per heavy atom. The first kappa shape index (κ1) is 18.6. The highest BCUT2D eigenvalue weighted by atomic mass is 16.5. The van der Waals surface area contributed by atoms with E-state index in [4.69, 9.17) is 14.2 Å². The van der Waals surface area contributed by atoms with E-state index in [1.807, 2.05) is 31.2 Å². The summed E-state index contributed by atoms with van der Waals surface area (Å²) in [6.45, 7) is 2.75. The minimum absolute atomic E-state index is 0.0474. The van der Waals surface area contributed by atoms with Gasteiger partial charge < -0.3 is 24.4 Å². The van der Waals surface area contributed by atoms with E-state index in [0.717, 1.165) is 17.0 Å². The molecule has 1 aliphatic rings. The number of hydrogen-bond acceptors (Lipinski definition) is 6. The quantitative estimate of drug-likeness (QED) is 0.456. The van der Waals surface area contributed by atoms with Crippen molar-refractivity contribution in [2.24, 2.45) is 0 Å². The zero-order chi connectivity index (χ0) is 19.2. The summed E-state index contributed by atoms with van der Waals surface area (Å²) in [5.74, 6) is 1.39. The lowest BCUT2D eigenvalue weighted by molar-refractivity contribution is -0.133. The molecule has 27 heavy (non-hydrogen) atoms. The zero-order valence-electron chi connectivity index (χ0n) is 15.4. The van der Waals surface area contributed by atoms with Crippen LogP contribution in [0.1, 0.15) is 5.56 Å². The molecule has 1 aliphatic heterocycles. The maximum absolute atomic E-state index is 12.2. The molecule has 3 rings (SSSR count). The summed E-state index contributed by atoms with van der Waals surface area (Å²) in [4.78, 5) is 25.7. The van der Waals surface area contributed by atoms with Crippen LogP contribution < -0.4 is 24.4 Å². The van der Waals surface area contributed by atoms with Gasteiger partial charge in [-0.1, -0.05) is 6.07 Å². The predicted molar refractivity (Wildman–Crippen MR) is 101 cm³/mol. The van der Waals surface area contributed by atoms with Crippen LogP contribution >= 0.6 is 0 Å². The Hall–Kier alpha value is -3.22. The third kappa shape index (κ3) is 4.91. The summed E-state index contributed by atoms with van der Waals surface area (Å²) in [7, 11) is 1.60. The van der Waals surface area contributed by atoms with Gasteiger partial charge in [0.25, 0.3) is 0 Å². The van der Waals surface area contributed by atoms with Crippen LogP contribution in [0.5, 0.6) is 17.2 Å². The SMILES string of the molecule is COc1ccc(OCCNC(=O)CN2CC(=O)Oc3cc(C)ccc32)cc1. The molecule has 0 aliphatic carbocycles. The number of carbonyl (C=O) groups excluding carboxylic acids is 2. The van der Waals surface area contributed by atoms with E-state index < -0.39 is 0 Å². The van der Waals surface area contributed by atoms with Crippen molar-refractivity contribution in [2.45, 2.75) is 6.92 Å². The van der Waals surface area contributed by atoms with Crippen LogP contribution in [0.2, 0.25) is 0 Å². The number of anilines is 1. The highest BCUT2D eigenvalue weighted by Crippen LogP contribution is 2.32. The summed E-state index contributed by atoms with van der Waals surface area (Å²) in [6, 6.07) is 12.8. The van der Waals surface area contributed by atoms with Gasteiger partial charge in [-0.25, -0.2) is 4.79 Å². The van der Waals surface area contributed by atoms with Crippen molar-refractivity contribution in [1.82, 2.24) is 5.32 Å². The molecule has 1 amide bonds. The highest BCUT2D eigenvalue weighted by molar-refractivity contribution is 5.89. The number of ether oxygens (including phenoxy) is 3. The lowest BCUT2D eigenvalue weighted by Crippen LogP contribution is -2.44. The molecular formula is C20H22N2O5. The van der Waals surface area contributed by atoms with Gasteiger partial charge >= 0.3 is 5.97 Å². The third-order valence-corrected chi connectivity index (χ3v) is 4.09. The maximum Gasteiger partial charge on any atom is 0.331 e. The van der Waals surface area contributed by atoms with E-state index in [1.165, 1.54) is 0 Å². The molecule has 1 N–H and O–H groups in total. The normalized spacial score (nSPS) is 12.8. The summed E-state index contributed by atoms with van der Waals surface area (Å²) in [5, 5.41) is 2.80. The highest BCUT2D eigenvalue weighted by Gasteiger charge is 2.25. The van der Waals surface area contributed by atoms with E-state index >= 15 is 0 Å². The molecule has 0 saturated heterocycles. The molecular weight excluding hydrogens is 348 g/mol. The molecule has 0 unspecified atom stereocenters. The smallest absolute Gasteiger partial charge is 0.331 e. The summed E-state index contributed by atoms with van der Waals surface area (Å²) in [6.07, 6.45) is 0. The minimum atomic E-state index is -0.372. The predicted octanol–water partition coefficient (Wildman–Crippen LogP) is 1.92. The van der Waals surface area contributed by atoms with Crippen molar-refractivity contribution in [3.8, 4) is 17.2 Å². The van der Waals surface area contributed by atoms with Gasteiger partial charge in [-0.2, -0.15) is 0 Å². The fourth-order valence-electron chi connectivity index (χ4n) is 2.76. The molecule has 7 nitrogen and oxygen atoms in total. The molecule has 0 atom stereocenters. The number of benzene rings is 2. The van der Waals surface area contributed by atoms with Crippen LogP contribution in [0.15, 0.2) is 42.5 Å². The first-order valence-electron chi connectivity index (χ1n) is 8.65. The van der Waals surface area contributed by atoms with Gasteiger partial charge in [0.1, 0.15) is 24.7 Å². The molecule has 0 spiro atoms. The van der Waals surface area contributed by atoms with Gasteiger partial charge in [-0.15, -0.1) is 0 Å². The maximum atomic E-state index is 12.2. The van der Waals surface area contributed by atoms with Crippen molar-refractivity contribution in [2.75, 3.05) is 38.3 Å². The van der Waals surface area contributed by atoms with Gasteiger partial charge in [0, 0.05) is 0 Å². The summed E-state index contributed by atoms with van der Waals surface area (Å²) in [5.41, 5.74) is 1.73. The fraction of sp³-hybridized carbons (Fsp3) is 0.300. The van der Waals surface area contributed by atoms with Crippen molar-refractivity contribution in [3.05, 3.63) is 48.0 Å². The van der Waals surface area contributed by atoms with Gasteiger partial charge in [-0.3, -0.25) is 4.79 Å². The minimum Gasteiger partial charge on any atom is -0.497 e. The number of esters is 1. The molecule has 0 saturated carbocycles. The first-order valence-corrected chi connectivity index (χ1v) is 8.65. The van der Waals surface area contributed by atoms with E-state index in [2.05, 4.69) is 5.32 Å². The molecule has 0 aromatic heterocycles. The van der Waals surface area contributed by atoms with E-state index in [0.29, 0.717) is 24.7 Å². The largest absolute Gasteiger partial charge is 0.497 e. The van der Waals surface area contributed by atoms with Crippen LogP contribution in [0, 0.1) is 6.92 Å². The molecule has 2 aromatic carbocycles. The molecule has 142 valence electrons. The average Bonchev–Trinajstić information content (AvgIpc) is 2.65. The lowest BCUT2D eigenvalue weighted by Gasteiger charge is -2.29. The van der Waals surface area contributed by atoms with E-state index in [9.17, 15) is 9.59 Å². The van der Waals surface area contributed by atoms with Crippen LogP contribution in [-0.4, -0.2) is 45.2 Å². The Kier molecular flexibility index (Phi) is 5.80. The third-order valence-electron chi connectivity index (χ3n) is 4.09. The van der Waals surface area contributed by atoms with Crippen molar-refractivity contribution in [1.29, 1.82) is 0 Å². The number of carbonyl (C=O) groups is 2. The summed E-state index contributed by atoms with van der Waals surface area (Å²) < 4.78 is 15.9. The standard InChI is InChI=1S/C20H22N2O5/c1-14-3-8-17-18(11-14)27-20(24)13-22(17)12-19(23)21-9-10-26-16-6-4-15(25-2)5-7-16/h3-8,11H,9-10,12-13H2,1-2H3,(H,21,23). The number of amides is 1. The Morgan fingerprint density at radius 3 is 2.67 bits per heavy atom. The summed E-state index contributed by atoms with van der Waals surface area (Å²) >= 11 is 0. The second-order valence-corrected chi connectivity index (χ2v) is 6.18. The lowest BCUT2D eigenvalue weighted by atomic mass is 10.1. The average molecular weight is 370 g/mol. The Balaban J connectivity index is 1.47. The van der Waals surface area contributed by atoms with Crippen molar-refractivity contribution in [3.63, 3.8) is 0 Å². The molecule has 1 heterocycles. The van der Waals surface area contributed by atoms with Crippen LogP contribution in [0.4, 0.5) is 5.69 Å². The van der Waals surface area contributed by atoms with Crippen LogP contribution in [0.3, 0.4) is 0 Å². The Bertz CT molecular complexity index is 820. The van der Waals surface area contributed by atoms with E-state index in [-0.39, 0.29) is 25.0 Å². The zero-order valence-corrected chi connectivity index (χ0v) is 15.4. The number of aryl methyl sites for hydroxylation is 1. The Labute approximate surface area is 157 Å². The monoisotopic (exact) mass is 370 g/mol. The van der Waals surface area contributed by atoms with Gasteiger partial charge in [0.05, 0.1) is 25.9 Å². The Morgan fingerprint density at radius 1 is 1.19 bits per heavy atom. The molecule has 7 heteroatoms. The number of nitrogens with zero attached hydrogens (tertiary/aromatic N) is 1. The van der Waals surface area contributed by atoms with Crippen LogP contribution in [0.25, 0.3) is 0 Å². The van der Waals surface area contributed by atoms with Gasteiger partial charge in [-0.05, 0) is 48.9 Å². The second kappa shape index (κ2) is 8.44. The molecule has 0 bridgehead atoms. The number of methoxy groups -OCH3 is 1. The number of hydrogen-bond donors (Lipinski definition) is 1. The van der Waals surface area contributed by atoms with Crippen molar-refractivity contribution >= 4 is 17.6 Å². The van der Waals surface area contributed by atoms with Crippen LogP contribution in [-0.2, 0) is 9.59 Å². The first-order chi connectivity index (χ1) is 13.0. The second-order valence-electron chi connectivity index (χ2n) is 6.18. The molecule has 0 radical (unpaired) electrons. The van der Waals surface area contributed by atoms with E-state index in [1.54, 1.807) is 30.2 Å². The van der Waals surface area contributed by atoms with Crippen molar-refractivity contribution < 1.29 is 23.8 Å². The van der Waals surface area contributed by atoms with Gasteiger partial charge in [0.2, 0.25) is 5.91 Å². The molecule has 2 aromatic rings. The molecule has 0 fully saturated rings. The van der Waals surface area contributed by atoms with Gasteiger partial charge in [0.15, 0.2) is 5.75 Å². The number of nitrogens with one attached hydrogen (secondary N) is 1. The topological polar surface area (TPSA) is 77.1 Å². The fourth-order valence-corrected chi connectivity index (χ4v) is 2.76. The number of rotatable bonds is 7. The number of fused-ring (bicyclic) bond motifs is 1.